The molecule has 6 nitrogen and oxygen atoms in total. The highest BCUT2D eigenvalue weighted by molar-refractivity contribution is 6.15. The molecule has 0 aromatic heterocycles. The Balaban J connectivity index is 1.60. The summed E-state index contributed by atoms with van der Waals surface area (Å²) < 4.78 is 22.7. The van der Waals surface area contributed by atoms with E-state index < -0.39 is 0 Å². The van der Waals surface area contributed by atoms with Crippen molar-refractivity contribution in [1.82, 2.24) is 4.90 Å². The van der Waals surface area contributed by atoms with Gasteiger partial charge in [0.15, 0.2) is 5.76 Å². The lowest BCUT2D eigenvalue weighted by Gasteiger charge is -2.29. The van der Waals surface area contributed by atoms with Crippen molar-refractivity contribution in [3.05, 3.63) is 58.8 Å². The SMILES string of the molecule is CCOc1ccccc1/C=C1\Oc2c(ccc3c2CN(CCCOC)CO3)C1=O. The molecule has 6 heteroatoms. The number of hydrogen-bond donors (Lipinski definition) is 0. The minimum atomic E-state index is -0.120. The van der Waals surface area contributed by atoms with E-state index in [1.807, 2.05) is 37.3 Å². The molecule has 0 fully saturated rings. The molecule has 2 aliphatic rings. The van der Waals surface area contributed by atoms with Gasteiger partial charge >= 0.3 is 0 Å². The van der Waals surface area contributed by atoms with Crippen molar-refractivity contribution < 1.29 is 23.7 Å². The monoisotopic (exact) mass is 395 g/mol. The second-order valence-electron chi connectivity index (χ2n) is 7.00. The minimum Gasteiger partial charge on any atom is -0.493 e. The summed E-state index contributed by atoms with van der Waals surface area (Å²) in [6.07, 6.45) is 2.67. The number of benzene rings is 2. The maximum atomic E-state index is 12.9. The van der Waals surface area contributed by atoms with Crippen LogP contribution in [0.4, 0.5) is 0 Å². The molecule has 0 saturated heterocycles. The second kappa shape index (κ2) is 8.68. The number of carbonyl (C=O) groups excluding carboxylic acids is 1. The average Bonchev–Trinajstić information content (AvgIpc) is 3.06. The van der Waals surface area contributed by atoms with E-state index in [1.54, 1.807) is 19.3 Å². The molecular weight excluding hydrogens is 370 g/mol. The van der Waals surface area contributed by atoms with Gasteiger partial charge in [0, 0.05) is 32.4 Å². The van der Waals surface area contributed by atoms with Crippen LogP contribution in [0.15, 0.2) is 42.2 Å². The Kier molecular flexibility index (Phi) is 5.83. The van der Waals surface area contributed by atoms with Gasteiger partial charge in [-0.15, -0.1) is 0 Å². The molecular formula is C23H25NO5. The molecule has 4 rings (SSSR count). The molecule has 29 heavy (non-hydrogen) atoms. The van der Waals surface area contributed by atoms with Gasteiger partial charge in [-0.1, -0.05) is 18.2 Å². The third kappa shape index (κ3) is 3.99. The smallest absolute Gasteiger partial charge is 0.231 e. The van der Waals surface area contributed by atoms with E-state index in [0.717, 1.165) is 35.6 Å². The summed E-state index contributed by atoms with van der Waals surface area (Å²) in [4.78, 5) is 15.1. The first-order valence-corrected chi connectivity index (χ1v) is 9.87. The summed E-state index contributed by atoms with van der Waals surface area (Å²) in [7, 11) is 1.70. The van der Waals surface area contributed by atoms with E-state index in [2.05, 4.69) is 4.90 Å². The summed E-state index contributed by atoms with van der Waals surface area (Å²) in [6.45, 7) is 5.25. The van der Waals surface area contributed by atoms with E-state index >= 15 is 0 Å². The van der Waals surface area contributed by atoms with Crippen LogP contribution >= 0.6 is 0 Å². The van der Waals surface area contributed by atoms with Crippen LogP contribution in [0.3, 0.4) is 0 Å². The standard InChI is InChI=1S/C23H25NO5/c1-3-27-19-8-5-4-7-16(19)13-21-22(25)17-9-10-20-18(23(17)29-21)14-24(15-28-20)11-6-12-26-2/h4-5,7-10,13H,3,6,11-12,14-15H2,1-2H3/b21-13-. The fourth-order valence-electron chi connectivity index (χ4n) is 3.61. The Labute approximate surface area is 170 Å². The Hall–Kier alpha value is -2.83. The van der Waals surface area contributed by atoms with Crippen LogP contribution in [0.2, 0.25) is 0 Å². The fraction of sp³-hybridized carbons (Fsp3) is 0.348. The highest BCUT2D eigenvalue weighted by Crippen LogP contribution is 2.42. The first kappa shape index (κ1) is 19.5. The first-order valence-electron chi connectivity index (χ1n) is 9.87. The first-order chi connectivity index (χ1) is 14.2. The highest BCUT2D eigenvalue weighted by Gasteiger charge is 2.33. The van der Waals surface area contributed by atoms with E-state index in [1.165, 1.54) is 0 Å². The Morgan fingerprint density at radius 1 is 1.21 bits per heavy atom. The van der Waals surface area contributed by atoms with Gasteiger partial charge in [-0.2, -0.15) is 0 Å². The molecule has 0 bridgehead atoms. The topological polar surface area (TPSA) is 57.2 Å². The van der Waals surface area contributed by atoms with Crippen LogP contribution < -0.4 is 14.2 Å². The molecule has 0 amide bonds. The maximum absolute atomic E-state index is 12.9. The van der Waals surface area contributed by atoms with Crippen molar-refractivity contribution in [3.63, 3.8) is 0 Å². The molecule has 0 spiro atoms. The molecule has 2 aromatic rings. The van der Waals surface area contributed by atoms with Crippen LogP contribution in [0.25, 0.3) is 6.08 Å². The summed E-state index contributed by atoms with van der Waals surface area (Å²) in [5.74, 6) is 2.28. The lowest BCUT2D eigenvalue weighted by molar-refractivity contribution is 0.0823. The summed E-state index contributed by atoms with van der Waals surface area (Å²) in [6, 6.07) is 11.3. The van der Waals surface area contributed by atoms with Crippen LogP contribution in [-0.4, -0.2) is 44.3 Å². The Morgan fingerprint density at radius 2 is 2.07 bits per heavy atom. The van der Waals surface area contributed by atoms with Crippen LogP contribution in [0.5, 0.6) is 17.2 Å². The lowest BCUT2D eigenvalue weighted by atomic mass is 10.0. The van der Waals surface area contributed by atoms with Crippen LogP contribution in [0.1, 0.15) is 34.8 Å². The predicted octanol–water partition coefficient (Wildman–Crippen LogP) is 3.89. The quantitative estimate of drug-likeness (QED) is 0.524. The van der Waals surface area contributed by atoms with Gasteiger partial charge in [0.1, 0.15) is 24.0 Å². The zero-order valence-corrected chi connectivity index (χ0v) is 16.8. The Morgan fingerprint density at radius 3 is 2.90 bits per heavy atom. The number of nitrogens with zero attached hydrogens (tertiary/aromatic N) is 1. The summed E-state index contributed by atoms with van der Waals surface area (Å²) in [5, 5.41) is 0. The van der Waals surface area contributed by atoms with Crippen molar-refractivity contribution in [2.24, 2.45) is 0 Å². The third-order valence-corrected chi connectivity index (χ3v) is 5.01. The number of ketones is 1. The molecule has 0 unspecified atom stereocenters. The number of rotatable bonds is 7. The van der Waals surface area contributed by atoms with E-state index in [4.69, 9.17) is 18.9 Å². The summed E-state index contributed by atoms with van der Waals surface area (Å²) >= 11 is 0. The van der Waals surface area contributed by atoms with Gasteiger partial charge in [0.05, 0.1) is 17.7 Å². The van der Waals surface area contributed by atoms with E-state index in [-0.39, 0.29) is 5.78 Å². The lowest BCUT2D eigenvalue weighted by Crippen LogP contribution is -2.33. The zero-order valence-electron chi connectivity index (χ0n) is 16.8. The van der Waals surface area contributed by atoms with Crippen molar-refractivity contribution in [3.8, 4) is 17.2 Å². The number of methoxy groups -OCH3 is 1. The average molecular weight is 395 g/mol. The molecule has 0 aliphatic carbocycles. The number of para-hydroxylation sites is 1. The third-order valence-electron chi connectivity index (χ3n) is 5.01. The van der Waals surface area contributed by atoms with Gasteiger partial charge in [-0.3, -0.25) is 9.69 Å². The van der Waals surface area contributed by atoms with Gasteiger partial charge in [-0.25, -0.2) is 0 Å². The van der Waals surface area contributed by atoms with Crippen LogP contribution in [-0.2, 0) is 11.3 Å². The molecule has 2 heterocycles. The molecule has 152 valence electrons. The van der Waals surface area contributed by atoms with Crippen molar-refractivity contribution in [2.75, 3.05) is 33.6 Å². The highest BCUT2D eigenvalue weighted by atomic mass is 16.5. The van der Waals surface area contributed by atoms with Crippen LogP contribution in [0, 0.1) is 0 Å². The molecule has 0 atom stereocenters. The van der Waals surface area contributed by atoms with Gasteiger partial charge < -0.3 is 18.9 Å². The van der Waals surface area contributed by atoms with Crippen molar-refractivity contribution in [1.29, 1.82) is 0 Å². The van der Waals surface area contributed by atoms with Crippen molar-refractivity contribution in [2.45, 2.75) is 19.9 Å². The van der Waals surface area contributed by atoms with E-state index in [9.17, 15) is 4.79 Å². The number of carbonyl (C=O) groups is 1. The van der Waals surface area contributed by atoms with Gasteiger partial charge in [0.25, 0.3) is 0 Å². The Bertz CT molecular complexity index is 937. The number of hydrogen-bond acceptors (Lipinski definition) is 6. The van der Waals surface area contributed by atoms with Gasteiger partial charge in [-0.05, 0) is 37.6 Å². The number of Topliss-reactive ketones (excluding diaryl/α,β-unsaturated/α-hetero) is 1. The summed E-state index contributed by atoms with van der Waals surface area (Å²) in [5.41, 5.74) is 2.31. The molecule has 2 aromatic carbocycles. The largest absolute Gasteiger partial charge is 0.493 e. The normalized spacial score (nSPS) is 16.9. The predicted molar refractivity (Wildman–Crippen MR) is 109 cm³/mol. The second-order valence-corrected chi connectivity index (χ2v) is 7.00. The molecule has 2 aliphatic heterocycles. The fourth-order valence-corrected chi connectivity index (χ4v) is 3.61. The maximum Gasteiger partial charge on any atom is 0.231 e. The molecule has 0 saturated carbocycles. The number of fused-ring (bicyclic) bond motifs is 3. The zero-order chi connectivity index (χ0) is 20.2. The van der Waals surface area contributed by atoms with E-state index in [0.29, 0.717) is 43.6 Å². The number of allylic oxidation sites excluding steroid dienone is 1. The van der Waals surface area contributed by atoms with Gasteiger partial charge in [0.2, 0.25) is 5.78 Å². The minimum absolute atomic E-state index is 0.120. The molecule has 0 radical (unpaired) electrons. The van der Waals surface area contributed by atoms with Crippen molar-refractivity contribution >= 4 is 11.9 Å². The number of ether oxygens (including phenoxy) is 4. The molecule has 0 N–H and O–H groups in total.